The van der Waals surface area contributed by atoms with Crippen LogP contribution >= 0.6 is 0 Å². The lowest BCUT2D eigenvalue weighted by Crippen LogP contribution is -2.49. The van der Waals surface area contributed by atoms with Gasteiger partial charge in [0.05, 0.1) is 6.07 Å². The molecule has 0 aliphatic carbocycles. The topological polar surface area (TPSA) is 112 Å². The minimum Gasteiger partial charge on any atom is -0.444 e. The fourth-order valence-electron chi connectivity index (χ4n) is 2.56. The van der Waals surface area contributed by atoms with Crippen molar-refractivity contribution in [3.63, 3.8) is 0 Å². The van der Waals surface area contributed by atoms with Gasteiger partial charge in [0, 0.05) is 11.6 Å². The Hall–Kier alpha value is -3.52. The van der Waals surface area contributed by atoms with E-state index in [0.717, 1.165) is 4.90 Å². The maximum atomic E-state index is 12.9. The number of carbonyl (C=O) groups excluding carboxylic acids is 3. The van der Waals surface area contributed by atoms with Crippen molar-refractivity contribution in [2.24, 2.45) is 0 Å². The van der Waals surface area contributed by atoms with E-state index in [9.17, 15) is 19.6 Å². The largest absolute Gasteiger partial charge is 0.444 e. The second kappa shape index (κ2) is 10.9. The van der Waals surface area contributed by atoms with Crippen LogP contribution in [0.15, 0.2) is 24.3 Å². The Kier molecular flexibility index (Phi) is 8.88. The average molecular weight is 412 g/mol. The molecule has 1 unspecified atom stereocenters. The van der Waals surface area contributed by atoms with Crippen molar-refractivity contribution in [2.75, 3.05) is 13.1 Å². The molecule has 0 fully saturated rings. The van der Waals surface area contributed by atoms with Gasteiger partial charge in [0.15, 0.2) is 0 Å². The molecule has 0 saturated carbocycles. The Morgan fingerprint density at radius 2 is 1.80 bits per heavy atom. The number of nitrogens with zero attached hydrogens (tertiary/aromatic N) is 2. The van der Waals surface area contributed by atoms with Gasteiger partial charge in [0.25, 0.3) is 0 Å². The highest BCUT2D eigenvalue weighted by molar-refractivity contribution is 5.90. The third-order valence-electron chi connectivity index (χ3n) is 3.73. The van der Waals surface area contributed by atoms with Gasteiger partial charge in [-0.3, -0.25) is 9.59 Å². The highest BCUT2D eigenvalue weighted by Gasteiger charge is 2.32. The molecule has 1 rings (SSSR count). The minimum absolute atomic E-state index is 0.177. The van der Waals surface area contributed by atoms with Crippen molar-refractivity contribution in [1.29, 1.82) is 5.26 Å². The van der Waals surface area contributed by atoms with Gasteiger partial charge in [-0.15, -0.1) is 6.42 Å². The molecule has 1 aromatic carbocycles. The molecule has 0 bridgehead atoms. The molecule has 0 radical (unpaired) electrons. The fraction of sp³-hybridized carbons (Fsp3) is 0.455. The first-order valence-electron chi connectivity index (χ1n) is 9.48. The van der Waals surface area contributed by atoms with E-state index in [1.807, 2.05) is 6.07 Å². The second-order valence-corrected chi connectivity index (χ2v) is 7.87. The molecule has 1 atom stereocenters. The molecule has 8 nitrogen and oxygen atoms in total. The summed E-state index contributed by atoms with van der Waals surface area (Å²) in [6, 6.07) is 7.24. The van der Waals surface area contributed by atoms with Crippen LogP contribution in [0.25, 0.3) is 0 Å². The zero-order valence-electron chi connectivity index (χ0n) is 18.0. The van der Waals surface area contributed by atoms with Crippen LogP contribution in [0.4, 0.5) is 4.79 Å². The average Bonchev–Trinajstić information content (AvgIpc) is 2.64. The number of carbonyl (C=O) groups is 3. The first-order valence-corrected chi connectivity index (χ1v) is 9.48. The van der Waals surface area contributed by atoms with Crippen LogP contribution < -0.4 is 10.6 Å². The van der Waals surface area contributed by atoms with E-state index >= 15 is 0 Å². The van der Waals surface area contributed by atoms with E-state index in [1.54, 1.807) is 58.9 Å². The Bertz CT molecular complexity index is 842. The van der Waals surface area contributed by atoms with E-state index in [0.29, 0.717) is 11.1 Å². The standard InChI is InChI=1S/C22H28N4O4/c1-7-16-8-10-17(11-9-16)19(20(28)25-15(2)3)26(13-12-23)18(27)14-24-21(29)30-22(4,5)6/h1,8-11,15,19H,13-14H2,2-6H3,(H,24,29)(H,25,28). The lowest BCUT2D eigenvalue weighted by atomic mass is 10.0. The van der Waals surface area contributed by atoms with E-state index in [2.05, 4.69) is 16.6 Å². The predicted molar refractivity (Wildman–Crippen MR) is 112 cm³/mol. The number of nitrogens with one attached hydrogen (secondary N) is 2. The number of nitriles is 1. The summed E-state index contributed by atoms with van der Waals surface area (Å²) in [4.78, 5) is 38.7. The summed E-state index contributed by atoms with van der Waals surface area (Å²) >= 11 is 0. The molecule has 160 valence electrons. The van der Waals surface area contributed by atoms with Crippen LogP contribution in [-0.2, 0) is 14.3 Å². The Morgan fingerprint density at radius 3 is 2.27 bits per heavy atom. The fourth-order valence-corrected chi connectivity index (χ4v) is 2.56. The molecule has 8 heteroatoms. The van der Waals surface area contributed by atoms with Crippen molar-refractivity contribution in [2.45, 2.75) is 52.3 Å². The first kappa shape index (κ1) is 24.5. The molecular formula is C22H28N4O4. The van der Waals surface area contributed by atoms with E-state index in [4.69, 9.17) is 11.2 Å². The van der Waals surface area contributed by atoms with E-state index in [1.165, 1.54) is 0 Å². The SMILES string of the molecule is C#Cc1ccc(C(C(=O)NC(C)C)N(CC#N)C(=O)CNC(=O)OC(C)(C)C)cc1. The summed E-state index contributed by atoms with van der Waals surface area (Å²) < 4.78 is 5.11. The van der Waals surface area contributed by atoms with E-state index < -0.39 is 36.1 Å². The van der Waals surface area contributed by atoms with Gasteiger partial charge in [-0.05, 0) is 52.3 Å². The molecule has 0 aliphatic rings. The van der Waals surface area contributed by atoms with Crippen LogP contribution in [0.2, 0.25) is 0 Å². The Labute approximate surface area is 177 Å². The maximum absolute atomic E-state index is 12.9. The summed E-state index contributed by atoms with van der Waals surface area (Å²) in [6.07, 6.45) is 4.61. The summed E-state index contributed by atoms with van der Waals surface area (Å²) in [5.41, 5.74) is 0.386. The molecule has 3 amide bonds. The van der Waals surface area contributed by atoms with Crippen LogP contribution in [0, 0.1) is 23.7 Å². The normalized spacial score (nSPS) is 11.6. The van der Waals surface area contributed by atoms with Crippen LogP contribution in [-0.4, -0.2) is 47.5 Å². The molecule has 0 saturated heterocycles. The van der Waals surface area contributed by atoms with Crippen molar-refractivity contribution in [3.8, 4) is 18.4 Å². The summed E-state index contributed by atoms with van der Waals surface area (Å²) in [6.45, 7) is 7.90. The van der Waals surface area contributed by atoms with Crippen molar-refractivity contribution >= 4 is 17.9 Å². The van der Waals surface area contributed by atoms with Gasteiger partial charge in [0.2, 0.25) is 11.8 Å². The molecule has 30 heavy (non-hydrogen) atoms. The number of amides is 3. The number of alkyl carbamates (subject to hydrolysis) is 1. The zero-order valence-corrected chi connectivity index (χ0v) is 18.0. The van der Waals surface area contributed by atoms with Crippen molar-refractivity contribution in [3.05, 3.63) is 35.4 Å². The first-order chi connectivity index (χ1) is 14.0. The summed E-state index contributed by atoms with van der Waals surface area (Å²) in [7, 11) is 0. The van der Waals surface area contributed by atoms with Gasteiger partial charge in [0.1, 0.15) is 24.7 Å². The van der Waals surface area contributed by atoms with Gasteiger partial charge in [-0.1, -0.05) is 18.1 Å². The number of terminal acetylenes is 1. The highest BCUT2D eigenvalue weighted by atomic mass is 16.6. The predicted octanol–water partition coefficient (Wildman–Crippen LogP) is 2.11. The smallest absolute Gasteiger partial charge is 0.408 e. The quantitative estimate of drug-likeness (QED) is 0.526. The lowest BCUT2D eigenvalue weighted by Gasteiger charge is -2.30. The third kappa shape index (κ3) is 7.84. The van der Waals surface area contributed by atoms with Gasteiger partial charge in [-0.2, -0.15) is 5.26 Å². The summed E-state index contributed by atoms with van der Waals surface area (Å²) in [5, 5.41) is 14.4. The van der Waals surface area contributed by atoms with Gasteiger partial charge in [-0.25, -0.2) is 4.79 Å². The third-order valence-corrected chi connectivity index (χ3v) is 3.73. The van der Waals surface area contributed by atoms with Crippen LogP contribution in [0.3, 0.4) is 0 Å². The zero-order chi connectivity index (χ0) is 22.9. The molecule has 0 aromatic heterocycles. The number of rotatable bonds is 7. The molecule has 2 N–H and O–H groups in total. The van der Waals surface area contributed by atoms with Gasteiger partial charge < -0.3 is 20.3 Å². The molecule has 0 aliphatic heterocycles. The van der Waals surface area contributed by atoms with Crippen molar-refractivity contribution in [1.82, 2.24) is 15.5 Å². The van der Waals surface area contributed by atoms with Gasteiger partial charge >= 0.3 is 6.09 Å². The lowest BCUT2D eigenvalue weighted by molar-refractivity contribution is -0.139. The Morgan fingerprint density at radius 1 is 1.20 bits per heavy atom. The number of ether oxygens (including phenoxy) is 1. The molecule has 1 aromatic rings. The monoisotopic (exact) mass is 412 g/mol. The van der Waals surface area contributed by atoms with Crippen LogP contribution in [0.1, 0.15) is 51.8 Å². The maximum Gasteiger partial charge on any atom is 0.408 e. The number of hydrogen-bond acceptors (Lipinski definition) is 5. The number of hydrogen-bond donors (Lipinski definition) is 2. The molecular weight excluding hydrogens is 384 g/mol. The summed E-state index contributed by atoms with van der Waals surface area (Å²) in [5.74, 6) is 1.44. The highest BCUT2D eigenvalue weighted by Crippen LogP contribution is 2.22. The molecule has 0 heterocycles. The van der Waals surface area contributed by atoms with Crippen molar-refractivity contribution < 1.29 is 19.1 Å². The number of benzene rings is 1. The van der Waals surface area contributed by atoms with E-state index in [-0.39, 0.29) is 12.6 Å². The molecule has 0 spiro atoms. The second-order valence-electron chi connectivity index (χ2n) is 7.87. The Balaban J connectivity index is 3.15. The minimum atomic E-state index is -1.06. The van der Waals surface area contributed by atoms with Crippen LogP contribution in [0.5, 0.6) is 0 Å².